The maximum atomic E-state index is 14.3. The molecule has 0 saturated heterocycles. The highest BCUT2D eigenvalue weighted by atomic mass is 35.5. The normalized spacial score (nSPS) is 16.0. The van der Waals surface area contributed by atoms with Crippen molar-refractivity contribution in [1.29, 1.82) is 0 Å². The summed E-state index contributed by atoms with van der Waals surface area (Å²) in [6.45, 7) is 0. The van der Waals surface area contributed by atoms with Gasteiger partial charge in [0.2, 0.25) is 5.43 Å². The van der Waals surface area contributed by atoms with Crippen LogP contribution in [0.1, 0.15) is 39.5 Å². The average Bonchev–Trinajstić information content (AvgIpc) is 2.79. The van der Waals surface area contributed by atoms with Gasteiger partial charge in [-0.2, -0.15) is 13.2 Å². The van der Waals surface area contributed by atoms with E-state index < -0.39 is 17.6 Å². The fraction of sp³-hybridized carbons (Fsp3) is 0.160. The van der Waals surface area contributed by atoms with Crippen LogP contribution in [0.4, 0.5) is 17.6 Å². The van der Waals surface area contributed by atoms with Crippen LogP contribution in [0.25, 0.3) is 22.2 Å². The summed E-state index contributed by atoms with van der Waals surface area (Å²) in [4.78, 5) is 33.1. The number of nitrogens with zero attached hydrogens (tertiary/aromatic N) is 1. The number of aromatic nitrogens is 2. The molecule has 0 spiro atoms. The van der Waals surface area contributed by atoms with E-state index in [2.05, 4.69) is 9.97 Å². The van der Waals surface area contributed by atoms with Gasteiger partial charge < -0.3 is 4.98 Å². The Morgan fingerprint density at radius 3 is 2.47 bits per heavy atom. The number of halogens is 5. The molecule has 1 unspecified atom stereocenters. The molecule has 1 atom stereocenters. The zero-order valence-electron chi connectivity index (χ0n) is 17.3. The van der Waals surface area contributed by atoms with Crippen LogP contribution in [-0.4, -0.2) is 15.8 Å². The van der Waals surface area contributed by atoms with Gasteiger partial charge in [-0.3, -0.25) is 14.6 Å². The average molecular weight is 487 g/mol. The lowest BCUT2D eigenvalue weighted by Gasteiger charge is -2.24. The van der Waals surface area contributed by atoms with Gasteiger partial charge in [0.25, 0.3) is 0 Å². The smallest absolute Gasteiger partial charge is 0.358 e. The molecule has 5 rings (SSSR count). The first-order valence-electron chi connectivity index (χ1n) is 10.3. The molecule has 2 aromatic heterocycles. The number of hydrogen-bond donors (Lipinski definition) is 1. The Morgan fingerprint density at radius 1 is 1.00 bits per heavy atom. The molecule has 4 nitrogen and oxygen atoms in total. The van der Waals surface area contributed by atoms with Crippen molar-refractivity contribution in [2.45, 2.75) is 24.9 Å². The Balaban J connectivity index is 1.46. The number of H-pyrrole nitrogens is 1. The largest absolute Gasteiger partial charge is 0.416 e. The zero-order chi connectivity index (χ0) is 24.2. The van der Waals surface area contributed by atoms with E-state index >= 15 is 0 Å². The van der Waals surface area contributed by atoms with E-state index in [1.54, 1.807) is 18.2 Å². The molecule has 2 heterocycles. The fourth-order valence-corrected chi connectivity index (χ4v) is 4.52. The molecule has 0 fully saturated rings. The SMILES string of the molecule is O=C1CC(c2ccc(-c3ccc(C(F)(F)F)cc3F)nc2)Cc2[nH]c3ccc(Cl)cc3c(=O)c21. The standard InChI is InChI=1S/C25H15ClF4N2O2/c26-15-3-6-20-17(10-15)24(34)23-21(32-20)7-13(8-22(23)33)12-1-5-19(31-11-12)16-4-2-14(9-18(16)27)25(28,29)30/h1-6,9-11,13H,7-8H2,(H,32,34). The first-order valence-corrected chi connectivity index (χ1v) is 10.7. The molecule has 1 aliphatic carbocycles. The Morgan fingerprint density at radius 2 is 1.79 bits per heavy atom. The molecule has 0 aliphatic heterocycles. The number of nitrogens with one attached hydrogen (secondary N) is 1. The minimum atomic E-state index is -4.64. The second-order valence-electron chi connectivity index (χ2n) is 8.20. The zero-order valence-corrected chi connectivity index (χ0v) is 18.1. The van der Waals surface area contributed by atoms with Crippen LogP contribution >= 0.6 is 11.6 Å². The summed E-state index contributed by atoms with van der Waals surface area (Å²) in [7, 11) is 0. The quantitative estimate of drug-likeness (QED) is 0.337. The van der Waals surface area contributed by atoms with Crippen molar-refractivity contribution in [3.05, 3.63) is 98.2 Å². The minimum absolute atomic E-state index is 0.0564. The number of hydrogen-bond acceptors (Lipinski definition) is 3. The van der Waals surface area contributed by atoms with Gasteiger partial charge in [-0.1, -0.05) is 17.7 Å². The van der Waals surface area contributed by atoms with Crippen molar-refractivity contribution < 1.29 is 22.4 Å². The number of alkyl halides is 3. The topological polar surface area (TPSA) is 62.8 Å². The number of ketones is 1. The number of fused-ring (bicyclic) bond motifs is 2. The number of rotatable bonds is 2. The summed E-state index contributed by atoms with van der Waals surface area (Å²) < 4.78 is 52.7. The Bertz CT molecular complexity index is 1510. The van der Waals surface area contributed by atoms with Crippen molar-refractivity contribution in [2.75, 3.05) is 0 Å². The predicted molar refractivity (Wildman–Crippen MR) is 120 cm³/mol. The highest BCUT2D eigenvalue weighted by molar-refractivity contribution is 6.31. The maximum absolute atomic E-state index is 14.3. The van der Waals surface area contributed by atoms with Crippen LogP contribution in [0, 0.1) is 5.82 Å². The van der Waals surface area contributed by atoms with E-state index in [1.807, 2.05) is 0 Å². The Hall–Kier alpha value is -3.52. The van der Waals surface area contributed by atoms with Gasteiger partial charge in [0.1, 0.15) is 5.82 Å². The van der Waals surface area contributed by atoms with E-state index in [1.165, 1.54) is 18.3 Å². The summed E-state index contributed by atoms with van der Waals surface area (Å²) in [6, 6.07) is 10.3. The summed E-state index contributed by atoms with van der Waals surface area (Å²) in [6.07, 6.45) is -2.67. The third-order valence-corrected chi connectivity index (χ3v) is 6.27. The molecular weight excluding hydrogens is 472 g/mol. The van der Waals surface area contributed by atoms with Crippen molar-refractivity contribution in [2.24, 2.45) is 0 Å². The molecule has 1 aliphatic rings. The number of benzene rings is 2. The maximum Gasteiger partial charge on any atom is 0.416 e. The lowest BCUT2D eigenvalue weighted by Crippen LogP contribution is -2.27. The predicted octanol–water partition coefficient (Wildman–Crippen LogP) is 6.31. The monoisotopic (exact) mass is 486 g/mol. The molecule has 9 heteroatoms. The third kappa shape index (κ3) is 3.88. The molecule has 0 saturated carbocycles. The second-order valence-corrected chi connectivity index (χ2v) is 8.63. The molecule has 2 aromatic carbocycles. The molecule has 0 amide bonds. The van der Waals surface area contributed by atoms with Crippen molar-refractivity contribution in [1.82, 2.24) is 9.97 Å². The molecule has 0 radical (unpaired) electrons. The first kappa shape index (κ1) is 22.3. The first-order chi connectivity index (χ1) is 16.1. The fourth-order valence-electron chi connectivity index (χ4n) is 4.34. The van der Waals surface area contributed by atoms with E-state index in [0.717, 1.165) is 12.1 Å². The number of carbonyl (C=O) groups excluding carboxylic acids is 1. The second kappa shape index (κ2) is 8.06. The Kier molecular flexibility index (Phi) is 5.28. The summed E-state index contributed by atoms with van der Waals surface area (Å²) in [5.41, 5.74) is 0.615. The molecule has 0 bridgehead atoms. The summed E-state index contributed by atoms with van der Waals surface area (Å²) in [5.74, 6) is -1.59. The molecule has 4 aromatic rings. The molecule has 1 N–H and O–H groups in total. The van der Waals surface area contributed by atoms with E-state index in [4.69, 9.17) is 11.6 Å². The van der Waals surface area contributed by atoms with Gasteiger partial charge in [-0.15, -0.1) is 0 Å². The highest BCUT2D eigenvalue weighted by Crippen LogP contribution is 2.34. The summed E-state index contributed by atoms with van der Waals surface area (Å²) in [5, 5.41) is 0.748. The molecule has 172 valence electrons. The lowest BCUT2D eigenvalue weighted by molar-refractivity contribution is -0.137. The van der Waals surface area contributed by atoms with Crippen LogP contribution < -0.4 is 5.43 Å². The Labute approximate surface area is 195 Å². The van der Waals surface area contributed by atoms with E-state index in [-0.39, 0.29) is 40.4 Å². The summed E-state index contributed by atoms with van der Waals surface area (Å²) >= 11 is 5.99. The molecule has 34 heavy (non-hydrogen) atoms. The van der Waals surface area contributed by atoms with Gasteiger partial charge in [0, 0.05) is 39.8 Å². The van der Waals surface area contributed by atoms with E-state index in [9.17, 15) is 27.2 Å². The van der Waals surface area contributed by atoms with Crippen molar-refractivity contribution >= 4 is 28.3 Å². The van der Waals surface area contributed by atoms with Crippen LogP contribution in [0.15, 0.2) is 59.5 Å². The van der Waals surface area contributed by atoms with Gasteiger partial charge in [0.05, 0.1) is 16.8 Å². The van der Waals surface area contributed by atoms with Gasteiger partial charge in [-0.05, 0) is 60.4 Å². The van der Waals surface area contributed by atoms with Crippen molar-refractivity contribution in [3.8, 4) is 11.3 Å². The highest BCUT2D eigenvalue weighted by Gasteiger charge is 2.32. The number of pyridine rings is 2. The van der Waals surface area contributed by atoms with Crippen LogP contribution in [0.2, 0.25) is 5.02 Å². The third-order valence-electron chi connectivity index (χ3n) is 6.03. The van der Waals surface area contributed by atoms with Crippen LogP contribution in [0.5, 0.6) is 0 Å². The lowest BCUT2D eigenvalue weighted by atomic mass is 9.81. The number of aromatic amines is 1. The minimum Gasteiger partial charge on any atom is -0.358 e. The van der Waals surface area contributed by atoms with E-state index in [0.29, 0.717) is 39.7 Å². The van der Waals surface area contributed by atoms with Gasteiger partial charge >= 0.3 is 6.18 Å². The van der Waals surface area contributed by atoms with Crippen LogP contribution in [-0.2, 0) is 12.6 Å². The van der Waals surface area contributed by atoms with Crippen LogP contribution in [0.3, 0.4) is 0 Å². The number of Topliss-reactive ketones (excluding diaryl/α,β-unsaturated/α-hetero) is 1. The van der Waals surface area contributed by atoms with Gasteiger partial charge in [-0.25, -0.2) is 4.39 Å². The van der Waals surface area contributed by atoms with Crippen molar-refractivity contribution in [3.63, 3.8) is 0 Å². The number of carbonyl (C=O) groups is 1. The molecular formula is C25H15ClF4N2O2. The van der Waals surface area contributed by atoms with Gasteiger partial charge in [0.15, 0.2) is 5.78 Å².